The summed E-state index contributed by atoms with van der Waals surface area (Å²) in [5.41, 5.74) is 5.08. The molecule has 1 aliphatic rings. The van der Waals surface area contributed by atoms with Crippen molar-refractivity contribution in [3.8, 4) is 11.5 Å². The van der Waals surface area contributed by atoms with E-state index in [0.29, 0.717) is 11.5 Å². The molecule has 0 saturated carbocycles. The Hall–Kier alpha value is -2.73. The summed E-state index contributed by atoms with van der Waals surface area (Å²) in [6.45, 7) is 6.39. The van der Waals surface area contributed by atoms with Gasteiger partial charge >= 0.3 is 0 Å². The van der Waals surface area contributed by atoms with E-state index in [1.54, 1.807) is 0 Å². The number of hydrogen-bond acceptors (Lipinski definition) is 5. The number of nitrogens with zero attached hydrogens (tertiary/aromatic N) is 1. The number of amides is 1. The smallest absolute Gasteiger partial charge is 0.234 e. The molecule has 3 aromatic rings. The second-order valence-corrected chi connectivity index (χ2v) is 7.75. The molecule has 0 saturated heterocycles. The van der Waals surface area contributed by atoms with Gasteiger partial charge < -0.3 is 14.8 Å². The van der Waals surface area contributed by atoms with Crippen molar-refractivity contribution in [3.63, 3.8) is 0 Å². The molecule has 5 nitrogen and oxygen atoms in total. The van der Waals surface area contributed by atoms with Crippen LogP contribution >= 0.6 is 11.8 Å². The minimum Gasteiger partial charge on any atom is -0.454 e. The van der Waals surface area contributed by atoms with Crippen LogP contribution in [0.5, 0.6) is 11.5 Å². The third-order valence-electron chi connectivity index (χ3n) is 4.95. The average Bonchev–Trinajstić information content (AvgIpc) is 3.14. The highest BCUT2D eigenvalue weighted by atomic mass is 32.2. The maximum absolute atomic E-state index is 12.5. The Bertz CT molecular complexity index is 1070. The number of carbonyl (C=O) groups is 1. The fourth-order valence-corrected chi connectivity index (χ4v) is 4.07. The number of ether oxygens (including phenoxy) is 2. The Balaban J connectivity index is 1.53. The van der Waals surface area contributed by atoms with Gasteiger partial charge in [0.15, 0.2) is 11.5 Å². The molecule has 1 N–H and O–H groups in total. The average molecular weight is 394 g/mol. The summed E-state index contributed by atoms with van der Waals surface area (Å²) in [4.78, 5) is 17.3. The molecule has 0 aliphatic carbocycles. The monoisotopic (exact) mass is 394 g/mol. The van der Waals surface area contributed by atoms with E-state index in [1.165, 1.54) is 11.8 Å². The van der Waals surface area contributed by atoms with Gasteiger partial charge in [-0.3, -0.25) is 4.79 Å². The van der Waals surface area contributed by atoms with Crippen LogP contribution < -0.4 is 14.8 Å². The topological polar surface area (TPSA) is 60.5 Å². The van der Waals surface area contributed by atoms with Crippen LogP contribution in [0.25, 0.3) is 10.9 Å². The van der Waals surface area contributed by atoms with Crippen molar-refractivity contribution in [1.82, 2.24) is 4.98 Å². The van der Waals surface area contributed by atoms with Crippen LogP contribution in [0.3, 0.4) is 0 Å². The van der Waals surface area contributed by atoms with Crippen molar-refractivity contribution < 1.29 is 14.3 Å². The lowest BCUT2D eigenvalue weighted by molar-refractivity contribution is -0.113. The number of fused-ring (bicyclic) bond motifs is 2. The maximum Gasteiger partial charge on any atom is 0.234 e. The van der Waals surface area contributed by atoms with Gasteiger partial charge in [-0.1, -0.05) is 30.8 Å². The van der Waals surface area contributed by atoms with Crippen LogP contribution in [0.15, 0.2) is 41.4 Å². The van der Waals surface area contributed by atoms with Gasteiger partial charge in [0, 0.05) is 17.1 Å². The molecule has 1 aliphatic heterocycles. The van der Waals surface area contributed by atoms with Crippen molar-refractivity contribution in [2.75, 3.05) is 17.9 Å². The SMILES string of the molecule is CCc1cc2cc3c(cc2nc1SCC(=O)Nc1cccc(C)c1C)OCO3. The largest absolute Gasteiger partial charge is 0.454 e. The zero-order chi connectivity index (χ0) is 19.7. The lowest BCUT2D eigenvalue weighted by atomic mass is 10.1. The van der Waals surface area contributed by atoms with Gasteiger partial charge in [0.2, 0.25) is 12.7 Å². The lowest BCUT2D eigenvalue weighted by Gasteiger charge is -2.12. The Morgan fingerprint density at radius 2 is 1.96 bits per heavy atom. The summed E-state index contributed by atoms with van der Waals surface area (Å²) in [5.74, 6) is 1.74. The van der Waals surface area contributed by atoms with Gasteiger partial charge in [-0.25, -0.2) is 4.98 Å². The molecule has 0 fully saturated rings. The number of rotatable bonds is 5. The summed E-state index contributed by atoms with van der Waals surface area (Å²) in [7, 11) is 0. The van der Waals surface area contributed by atoms with E-state index in [4.69, 9.17) is 14.5 Å². The van der Waals surface area contributed by atoms with Crippen LogP contribution in [0.4, 0.5) is 5.69 Å². The van der Waals surface area contributed by atoms with E-state index in [9.17, 15) is 4.79 Å². The van der Waals surface area contributed by atoms with Gasteiger partial charge in [-0.2, -0.15) is 0 Å². The number of thioether (sulfide) groups is 1. The van der Waals surface area contributed by atoms with E-state index >= 15 is 0 Å². The number of benzene rings is 2. The van der Waals surface area contributed by atoms with E-state index in [2.05, 4.69) is 18.3 Å². The predicted molar refractivity (Wildman–Crippen MR) is 113 cm³/mol. The first-order valence-corrected chi connectivity index (χ1v) is 10.3. The fraction of sp³-hybridized carbons (Fsp3) is 0.273. The number of carbonyl (C=O) groups excluding carboxylic acids is 1. The number of aromatic nitrogens is 1. The van der Waals surface area contributed by atoms with Gasteiger partial charge in [0.1, 0.15) is 5.03 Å². The quantitative estimate of drug-likeness (QED) is 0.626. The summed E-state index contributed by atoms with van der Waals surface area (Å²) in [5, 5.41) is 4.90. The predicted octanol–water partition coefficient (Wildman–Crippen LogP) is 4.87. The third-order valence-corrected chi connectivity index (χ3v) is 5.98. The number of aryl methyl sites for hydroxylation is 2. The summed E-state index contributed by atoms with van der Waals surface area (Å²) < 4.78 is 10.9. The minimum atomic E-state index is -0.0339. The Morgan fingerprint density at radius 1 is 1.18 bits per heavy atom. The molecule has 28 heavy (non-hydrogen) atoms. The van der Waals surface area contributed by atoms with Crippen LogP contribution in [0, 0.1) is 13.8 Å². The van der Waals surface area contributed by atoms with Crippen molar-refractivity contribution in [3.05, 3.63) is 53.1 Å². The second-order valence-electron chi connectivity index (χ2n) is 6.79. The van der Waals surface area contributed by atoms with E-state index < -0.39 is 0 Å². The van der Waals surface area contributed by atoms with Gasteiger partial charge in [-0.15, -0.1) is 0 Å². The van der Waals surface area contributed by atoms with Crippen LogP contribution in [-0.4, -0.2) is 23.4 Å². The summed E-state index contributed by atoms with van der Waals surface area (Å²) >= 11 is 1.46. The number of nitrogens with one attached hydrogen (secondary N) is 1. The zero-order valence-corrected chi connectivity index (χ0v) is 17.0. The van der Waals surface area contributed by atoms with Gasteiger partial charge in [0.25, 0.3) is 0 Å². The van der Waals surface area contributed by atoms with Crippen LogP contribution in [0.2, 0.25) is 0 Å². The molecule has 6 heteroatoms. The molecular formula is C22H22N2O3S. The standard InChI is InChI=1S/C22H22N2O3S/c1-4-15-8-16-9-19-20(27-12-26-19)10-18(16)24-22(15)28-11-21(25)23-17-7-5-6-13(2)14(17)3/h5-10H,4,11-12H2,1-3H3,(H,23,25). The third kappa shape index (κ3) is 3.64. The highest BCUT2D eigenvalue weighted by molar-refractivity contribution is 8.00. The molecular weight excluding hydrogens is 372 g/mol. The molecule has 0 bridgehead atoms. The lowest BCUT2D eigenvalue weighted by Crippen LogP contribution is -2.15. The molecule has 0 spiro atoms. The molecule has 1 aromatic heterocycles. The highest BCUT2D eigenvalue weighted by Gasteiger charge is 2.17. The number of pyridine rings is 1. The van der Waals surface area contributed by atoms with E-state index in [-0.39, 0.29) is 12.7 Å². The van der Waals surface area contributed by atoms with Crippen LogP contribution in [0.1, 0.15) is 23.6 Å². The molecule has 0 unspecified atom stereocenters. The first-order chi connectivity index (χ1) is 13.5. The molecule has 0 atom stereocenters. The van der Waals surface area contributed by atoms with Gasteiger partial charge in [-0.05, 0) is 55.2 Å². The second kappa shape index (κ2) is 7.72. The number of anilines is 1. The minimum absolute atomic E-state index is 0.0339. The highest BCUT2D eigenvalue weighted by Crippen LogP contribution is 2.37. The summed E-state index contributed by atoms with van der Waals surface area (Å²) in [6, 6.07) is 11.9. The Kier molecular flexibility index (Phi) is 5.13. The Morgan fingerprint density at radius 3 is 2.75 bits per heavy atom. The van der Waals surface area contributed by atoms with Gasteiger partial charge in [0.05, 0.1) is 11.3 Å². The molecule has 0 radical (unpaired) electrons. The Labute approximate surface area is 168 Å². The summed E-state index contributed by atoms with van der Waals surface area (Å²) in [6.07, 6.45) is 0.846. The van der Waals surface area contributed by atoms with Crippen molar-refractivity contribution >= 4 is 34.3 Å². The number of hydrogen-bond donors (Lipinski definition) is 1. The zero-order valence-electron chi connectivity index (χ0n) is 16.2. The molecule has 4 rings (SSSR count). The maximum atomic E-state index is 12.5. The van der Waals surface area contributed by atoms with Crippen molar-refractivity contribution in [2.45, 2.75) is 32.2 Å². The van der Waals surface area contributed by atoms with Crippen LogP contribution in [-0.2, 0) is 11.2 Å². The fourth-order valence-electron chi connectivity index (χ4n) is 3.18. The first-order valence-electron chi connectivity index (χ1n) is 9.27. The first kappa shape index (κ1) is 18.6. The molecule has 2 heterocycles. The van der Waals surface area contributed by atoms with Crippen molar-refractivity contribution in [2.24, 2.45) is 0 Å². The van der Waals surface area contributed by atoms with E-state index in [1.807, 2.05) is 44.2 Å². The molecule has 2 aromatic carbocycles. The van der Waals surface area contributed by atoms with E-state index in [0.717, 1.165) is 50.5 Å². The van der Waals surface area contributed by atoms with Crippen molar-refractivity contribution in [1.29, 1.82) is 0 Å². The normalized spacial score (nSPS) is 12.4. The molecule has 1 amide bonds. The molecule has 144 valence electrons.